The molecule has 1 aromatic rings. The number of rotatable bonds is 9. The third kappa shape index (κ3) is 4.52. The maximum absolute atomic E-state index is 13.5. The van der Waals surface area contributed by atoms with Gasteiger partial charge in [0.05, 0.1) is 44.8 Å². The molecule has 0 saturated carbocycles. The Morgan fingerprint density at radius 2 is 1.77 bits per heavy atom. The molecule has 13 heteroatoms. The molecule has 1 aliphatic rings. The lowest BCUT2D eigenvalue weighted by Crippen LogP contribution is -2.63. The predicted molar refractivity (Wildman–Crippen MR) is 115 cm³/mol. The lowest BCUT2D eigenvalue weighted by molar-refractivity contribution is -0.384. The monoisotopic (exact) mass is 491 g/mol. The summed E-state index contributed by atoms with van der Waals surface area (Å²) >= 11 is 0. The molecular weight excluding hydrogens is 466 g/mol. The Morgan fingerprint density at radius 1 is 1.11 bits per heavy atom. The molecule has 0 aromatic heterocycles. The van der Waals surface area contributed by atoms with Crippen molar-refractivity contribution in [2.45, 2.75) is 37.8 Å². The van der Waals surface area contributed by atoms with Gasteiger partial charge in [-0.1, -0.05) is 12.1 Å². The highest BCUT2D eigenvalue weighted by atomic mass is 16.6. The Bertz CT molecular complexity index is 1070. The van der Waals surface area contributed by atoms with E-state index in [2.05, 4.69) is 5.32 Å². The van der Waals surface area contributed by atoms with Gasteiger partial charge in [-0.05, 0) is 19.4 Å². The summed E-state index contributed by atoms with van der Waals surface area (Å²) in [6, 6.07) is 5.10. The van der Waals surface area contributed by atoms with Crippen LogP contribution in [0.4, 0.5) is 5.69 Å². The number of hydrogen-bond acceptors (Lipinski definition) is 12. The van der Waals surface area contributed by atoms with Crippen LogP contribution >= 0.6 is 0 Å². The van der Waals surface area contributed by atoms with E-state index in [1.54, 1.807) is 6.07 Å². The van der Waals surface area contributed by atoms with Gasteiger partial charge in [0.1, 0.15) is 6.04 Å². The molecule has 1 fully saturated rings. The van der Waals surface area contributed by atoms with Crippen LogP contribution < -0.4 is 5.32 Å². The Balaban J connectivity index is 3.01. The number of nitrogens with zero attached hydrogens (tertiary/aromatic N) is 2. The quantitative estimate of drug-likeness (QED) is 0.222. The van der Waals surface area contributed by atoms with E-state index < -0.39 is 63.8 Å². The maximum atomic E-state index is 13.5. The molecule has 35 heavy (non-hydrogen) atoms. The van der Waals surface area contributed by atoms with E-state index in [0.717, 1.165) is 20.3 Å². The number of carbonyl (C=O) groups is 4. The van der Waals surface area contributed by atoms with E-state index in [0.29, 0.717) is 0 Å². The first-order valence-corrected chi connectivity index (χ1v) is 10.5. The number of nitrogens with one attached hydrogen (secondary N) is 1. The molecule has 4 atom stereocenters. The van der Waals surface area contributed by atoms with E-state index in [9.17, 15) is 34.6 Å². The van der Waals surface area contributed by atoms with Gasteiger partial charge in [0, 0.05) is 18.1 Å². The zero-order chi connectivity index (χ0) is 26.4. The minimum absolute atomic E-state index is 0.0185. The minimum Gasteiger partial charge on any atom is -0.469 e. The second-order valence-electron chi connectivity index (χ2n) is 7.49. The zero-order valence-corrected chi connectivity index (χ0v) is 19.6. The molecule has 188 valence electrons. The number of hydrogen-bond donors (Lipinski definition) is 1. The molecule has 2 rings (SSSR count). The number of benzene rings is 1. The number of methoxy groups -OCH3 is 2. The van der Waals surface area contributed by atoms with E-state index >= 15 is 0 Å². The fourth-order valence-corrected chi connectivity index (χ4v) is 4.38. The van der Waals surface area contributed by atoms with E-state index in [-0.39, 0.29) is 18.8 Å². The molecule has 0 bridgehead atoms. The van der Waals surface area contributed by atoms with Crippen LogP contribution in [-0.4, -0.2) is 67.8 Å². The molecule has 0 amide bonds. The van der Waals surface area contributed by atoms with Crippen molar-refractivity contribution in [2.75, 3.05) is 27.4 Å². The SMILES string of the molecule is CCOC(=O)[C@H]1N[C@](CC(=O)OC)(C(=O)OC)[C@@](C#N)(C(=O)OCC)[C@@H]1c1cccc([N+](=O)[O-])c1. The first kappa shape index (κ1) is 27.2. The number of nitro benzene ring substituents is 1. The number of nitro groups is 1. The van der Waals surface area contributed by atoms with Crippen LogP contribution in [-0.2, 0) is 38.1 Å². The number of non-ortho nitro benzene ring substituents is 1. The molecule has 1 N–H and O–H groups in total. The normalized spacial score (nSPS) is 25.1. The molecule has 1 aromatic carbocycles. The summed E-state index contributed by atoms with van der Waals surface area (Å²) in [5.41, 5.74) is -5.49. The summed E-state index contributed by atoms with van der Waals surface area (Å²) in [4.78, 5) is 62.9. The van der Waals surface area contributed by atoms with Crippen molar-refractivity contribution >= 4 is 29.6 Å². The standard InChI is InChI=1S/C22H25N3O10/c1-5-34-18(27)17-16(13-8-7-9-14(10-13)25(30)31)21(12-23,19(28)35-6-2)22(24-17,20(29)33-4)11-15(26)32-3/h7-10,16-17,24H,5-6,11H2,1-4H3/t16-,17+,21-,22-/m1/s1. The number of ether oxygens (including phenoxy) is 4. The Morgan fingerprint density at radius 3 is 2.29 bits per heavy atom. The van der Waals surface area contributed by atoms with Crippen LogP contribution in [0.15, 0.2) is 24.3 Å². The average Bonchev–Trinajstić information content (AvgIpc) is 3.15. The summed E-state index contributed by atoms with van der Waals surface area (Å²) < 4.78 is 19.8. The van der Waals surface area contributed by atoms with Gasteiger partial charge >= 0.3 is 23.9 Å². The highest BCUT2D eigenvalue weighted by Crippen LogP contribution is 2.55. The average molecular weight is 491 g/mol. The molecule has 0 unspecified atom stereocenters. The Hall–Kier alpha value is -4.05. The lowest BCUT2D eigenvalue weighted by Gasteiger charge is -2.38. The molecule has 1 saturated heterocycles. The van der Waals surface area contributed by atoms with Crippen molar-refractivity contribution in [3.63, 3.8) is 0 Å². The van der Waals surface area contributed by atoms with Gasteiger partial charge < -0.3 is 18.9 Å². The molecule has 0 radical (unpaired) electrons. The van der Waals surface area contributed by atoms with Gasteiger partial charge in [-0.25, -0.2) is 4.79 Å². The second kappa shape index (κ2) is 10.9. The minimum atomic E-state index is -2.60. The van der Waals surface area contributed by atoms with Crippen molar-refractivity contribution in [3.05, 3.63) is 39.9 Å². The van der Waals surface area contributed by atoms with Crippen LogP contribution in [0.1, 0.15) is 31.7 Å². The van der Waals surface area contributed by atoms with Crippen molar-refractivity contribution < 1.29 is 43.0 Å². The van der Waals surface area contributed by atoms with Crippen LogP contribution in [0.2, 0.25) is 0 Å². The topological polar surface area (TPSA) is 184 Å². The summed E-state index contributed by atoms with van der Waals surface area (Å²) in [6.45, 7) is 2.65. The number of esters is 4. The third-order valence-electron chi connectivity index (χ3n) is 5.80. The van der Waals surface area contributed by atoms with Gasteiger partial charge in [0.25, 0.3) is 5.69 Å². The lowest BCUT2D eigenvalue weighted by atomic mass is 9.61. The van der Waals surface area contributed by atoms with Gasteiger partial charge in [0.2, 0.25) is 0 Å². The highest BCUT2D eigenvalue weighted by Gasteiger charge is 2.76. The van der Waals surface area contributed by atoms with Crippen molar-refractivity contribution in [2.24, 2.45) is 5.41 Å². The van der Waals surface area contributed by atoms with Crippen LogP contribution in [0.25, 0.3) is 0 Å². The molecule has 1 aliphatic heterocycles. The van der Waals surface area contributed by atoms with Gasteiger partial charge in [-0.2, -0.15) is 5.26 Å². The molecule has 0 aliphatic carbocycles. The summed E-state index contributed by atoms with van der Waals surface area (Å²) in [5.74, 6) is -6.00. The fraction of sp³-hybridized carbons (Fsp3) is 0.500. The Labute approximate surface area is 200 Å². The Kier molecular flexibility index (Phi) is 8.48. The summed E-state index contributed by atoms with van der Waals surface area (Å²) in [7, 11) is 2.00. The zero-order valence-electron chi connectivity index (χ0n) is 19.6. The molecule has 13 nitrogen and oxygen atoms in total. The van der Waals surface area contributed by atoms with Crippen molar-refractivity contribution in [1.29, 1.82) is 5.26 Å². The van der Waals surface area contributed by atoms with Crippen LogP contribution in [0.5, 0.6) is 0 Å². The second-order valence-corrected chi connectivity index (χ2v) is 7.49. The fourth-order valence-electron chi connectivity index (χ4n) is 4.38. The predicted octanol–water partition coefficient (Wildman–Crippen LogP) is 0.761. The first-order valence-electron chi connectivity index (χ1n) is 10.5. The highest BCUT2D eigenvalue weighted by molar-refractivity contribution is 6.01. The van der Waals surface area contributed by atoms with Gasteiger partial charge in [-0.3, -0.25) is 29.8 Å². The van der Waals surface area contributed by atoms with Crippen molar-refractivity contribution in [3.8, 4) is 6.07 Å². The number of carbonyl (C=O) groups excluding carboxylic acids is 4. The van der Waals surface area contributed by atoms with Crippen LogP contribution in [0, 0.1) is 26.9 Å². The van der Waals surface area contributed by atoms with Crippen LogP contribution in [0.3, 0.4) is 0 Å². The number of nitriles is 1. The summed E-state index contributed by atoms with van der Waals surface area (Å²) in [6.07, 6.45) is -0.899. The maximum Gasteiger partial charge on any atom is 0.329 e. The van der Waals surface area contributed by atoms with E-state index in [1.807, 2.05) is 0 Å². The molecule has 1 heterocycles. The molecular formula is C22H25N3O10. The van der Waals surface area contributed by atoms with Gasteiger partial charge in [0.15, 0.2) is 11.0 Å². The largest absolute Gasteiger partial charge is 0.469 e. The van der Waals surface area contributed by atoms with Crippen molar-refractivity contribution in [1.82, 2.24) is 5.32 Å². The summed E-state index contributed by atoms with van der Waals surface area (Å²) in [5, 5.41) is 24.5. The van der Waals surface area contributed by atoms with E-state index in [1.165, 1.54) is 32.0 Å². The van der Waals surface area contributed by atoms with E-state index in [4.69, 9.17) is 18.9 Å². The third-order valence-corrected chi connectivity index (χ3v) is 5.80. The van der Waals surface area contributed by atoms with Gasteiger partial charge in [-0.15, -0.1) is 0 Å². The smallest absolute Gasteiger partial charge is 0.329 e. The molecule has 0 spiro atoms. The first-order chi connectivity index (χ1) is 16.6.